The predicted octanol–water partition coefficient (Wildman–Crippen LogP) is 4.73. The van der Waals surface area contributed by atoms with Crippen LogP contribution >= 0.6 is 27.5 Å². The van der Waals surface area contributed by atoms with Crippen molar-refractivity contribution >= 4 is 33.2 Å². The van der Waals surface area contributed by atoms with Gasteiger partial charge in [-0.15, -0.1) is 0 Å². The van der Waals surface area contributed by atoms with Gasteiger partial charge in [-0.2, -0.15) is 5.26 Å². The molecule has 0 amide bonds. The summed E-state index contributed by atoms with van der Waals surface area (Å²) >= 11 is 9.40. The molecule has 1 N–H and O–H groups in total. The number of nitriles is 1. The van der Waals surface area contributed by atoms with E-state index in [0.29, 0.717) is 22.8 Å². The van der Waals surface area contributed by atoms with Crippen LogP contribution in [-0.2, 0) is 6.54 Å². The van der Waals surface area contributed by atoms with Crippen LogP contribution < -0.4 is 5.32 Å². The largest absolute Gasteiger partial charge is 0.379 e. The number of nitrogens with zero attached hydrogens (tertiary/aromatic N) is 1. The van der Waals surface area contributed by atoms with Gasteiger partial charge in [0.15, 0.2) is 0 Å². The van der Waals surface area contributed by atoms with Crippen molar-refractivity contribution in [3.05, 3.63) is 62.8 Å². The lowest BCUT2D eigenvalue weighted by Gasteiger charge is -2.09. The Bertz CT molecular complexity index is 652. The van der Waals surface area contributed by atoms with Crippen LogP contribution in [0.4, 0.5) is 10.1 Å². The molecule has 0 aliphatic rings. The molecule has 0 saturated heterocycles. The Morgan fingerprint density at radius 2 is 2.05 bits per heavy atom. The molecule has 2 aromatic rings. The van der Waals surface area contributed by atoms with E-state index < -0.39 is 5.82 Å². The van der Waals surface area contributed by atoms with E-state index in [9.17, 15) is 4.39 Å². The number of hydrogen-bond donors (Lipinski definition) is 1. The summed E-state index contributed by atoms with van der Waals surface area (Å²) in [6, 6.07) is 11.7. The van der Waals surface area contributed by atoms with Crippen LogP contribution in [-0.4, -0.2) is 0 Å². The molecule has 0 radical (unpaired) electrons. The summed E-state index contributed by atoms with van der Waals surface area (Å²) in [5.41, 5.74) is 1.51. The Labute approximate surface area is 123 Å². The van der Waals surface area contributed by atoms with Gasteiger partial charge in [-0.3, -0.25) is 0 Å². The fourth-order valence-electron chi connectivity index (χ4n) is 1.58. The van der Waals surface area contributed by atoms with Gasteiger partial charge < -0.3 is 5.32 Å². The Balaban J connectivity index is 2.13. The van der Waals surface area contributed by atoms with Crippen LogP contribution in [0.15, 0.2) is 40.9 Å². The summed E-state index contributed by atoms with van der Waals surface area (Å²) in [5, 5.41) is 12.2. The Hall–Kier alpha value is -1.57. The van der Waals surface area contributed by atoms with E-state index in [4.69, 9.17) is 16.9 Å². The second-order valence-corrected chi connectivity index (χ2v) is 5.22. The lowest BCUT2D eigenvalue weighted by Crippen LogP contribution is -2.02. The molecule has 0 unspecified atom stereocenters. The maximum absolute atomic E-state index is 13.7. The molecule has 0 fully saturated rings. The Morgan fingerprint density at radius 1 is 1.26 bits per heavy atom. The van der Waals surface area contributed by atoms with E-state index in [2.05, 4.69) is 21.2 Å². The maximum atomic E-state index is 13.7. The van der Waals surface area contributed by atoms with Gasteiger partial charge >= 0.3 is 0 Å². The van der Waals surface area contributed by atoms with Crippen molar-refractivity contribution in [3.8, 4) is 6.07 Å². The average molecular weight is 340 g/mol. The van der Waals surface area contributed by atoms with Crippen molar-refractivity contribution < 1.29 is 4.39 Å². The van der Waals surface area contributed by atoms with Crippen LogP contribution in [0.3, 0.4) is 0 Å². The molecule has 96 valence electrons. The minimum Gasteiger partial charge on any atom is -0.379 e. The molecule has 0 saturated carbocycles. The first-order chi connectivity index (χ1) is 9.10. The SMILES string of the molecule is N#Cc1ccc(NCc2ccc(Br)cc2Cl)c(F)c1. The van der Waals surface area contributed by atoms with E-state index in [1.165, 1.54) is 6.07 Å². The van der Waals surface area contributed by atoms with Crippen molar-refractivity contribution in [1.29, 1.82) is 5.26 Å². The number of halogens is 3. The van der Waals surface area contributed by atoms with Crippen LogP contribution in [0.1, 0.15) is 11.1 Å². The average Bonchev–Trinajstić information content (AvgIpc) is 2.39. The third kappa shape index (κ3) is 3.46. The first-order valence-electron chi connectivity index (χ1n) is 5.47. The van der Waals surface area contributed by atoms with Crippen LogP contribution in [0.2, 0.25) is 5.02 Å². The molecule has 0 spiro atoms. The summed E-state index contributed by atoms with van der Waals surface area (Å²) in [6.07, 6.45) is 0. The molecule has 0 aliphatic carbocycles. The quantitative estimate of drug-likeness (QED) is 0.878. The van der Waals surface area contributed by atoms with Gasteiger partial charge in [-0.05, 0) is 35.9 Å². The lowest BCUT2D eigenvalue weighted by molar-refractivity contribution is 0.629. The van der Waals surface area contributed by atoms with Crippen molar-refractivity contribution in [2.24, 2.45) is 0 Å². The third-order valence-electron chi connectivity index (χ3n) is 2.58. The van der Waals surface area contributed by atoms with Crippen LogP contribution in [0.25, 0.3) is 0 Å². The van der Waals surface area contributed by atoms with Crippen molar-refractivity contribution in [3.63, 3.8) is 0 Å². The standard InChI is InChI=1S/C14H9BrClFN2/c15-11-3-2-10(12(16)6-11)8-19-14-4-1-9(7-18)5-13(14)17/h1-6,19H,8H2. The maximum Gasteiger partial charge on any atom is 0.147 e. The van der Waals surface area contributed by atoms with Crippen molar-refractivity contribution in [2.45, 2.75) is 6.54 Å². The zero-order valence-electron chi connectivity index (χ0n) is 9.75. The zero-order valence-corrected chi connectivity index (χ0v) is 12.1. The minimum absolute atomic E-state index is 0.296. The highest BCUT2D eigenvalue weighted by Gasteiger charge is 2.05. The van der Waals surface area contributed by atoms with Gasteiger partial charge in [0.25, 0.3) is 0 Å². The van der Waals surface area contributed by atoms with E-state index in [0.717, 1.165) is 10.0 Å². The van der Waals surface area contributed by atoms with Gasteiger partial charge in [0, 0.05) is 16.0 Å². The molecular weight excluding hydrogens is 331 g/mol. The molecule has 0 aliphatic heterocycles. The zero-order chi connectivity index (χ0) is 13.8. The van der Waals surface area contributed by atoms with E-state index in [1.54, 1.807) is 18.2 Å². The molecule has 2 nitrogen and oxygen atoms in total. The van der Waals surface area contributed by atoms with E-state index in [1.807, 2.05) is 18.2 Å². The topological polar surface area (TPSA) is 35.8 Å². The second-order valence-electron chi connectivity index (χ2n) is 3.90. The highest BCUT2D eigenvalue weighted by molar-refractivity contribution is 9.10. The molecule has 5 heteroatoms. The van der Waals surface area contributed by atoms with Crippen LogP contribution in [0.5, 0.6) is 0 Å². The molecule has 0 aromatic heterocycles. The number of rotatable bonds is 3. The van der Waals surface area contributed by atoms with E-state index >= 15 is 0 Å². The molecule has 0 bridgehead atoms. The fourth-order valence-corrected chi connectivity index (χ4v) is 2.32. The number of benzene rings is 2. The predicted molar refractivity (Wildman–Crippen MR) is 77.6 cm³/mol. The number of hydrogen-bond acceptors (Lipinski definition) is 2. The highest BCUT2D eigenvalue weighted by Crippen LogP contribution is 2.23. The molecular formula is C14H9BrClFN2. The lowest BCUT2D eigenvalue weighted by atomic mass is 10.2. The Morgan fingerprint density at radius 3 is 2.68 bits per heavy atom. The number of nitrogens with one attached hydrogen (secondary N) is 1. The summed E-state index contributed by atoms with van der Waals surface area (Å²) in [5.74, 6) is -0.452. The summed E-state index contributed by atoms with van der Waals surface area (Å²) < 4.78 is 14.5. The normalized spacial score (nSPS) is 10.0. The van der Waals surface area contributed by atoms with Gasteiger partial charge in [-0.1, -0.05) is 33.6 Å². The first kappa shape index (κ1) is 13.9. The molecule has 0 heterocycles. The van der Waals surface area contributed by atoms with Gasteiger partial charge in [0.2, 0.25) is 0 Å². The third-order valence-corrected chi connectivity index (χ3v) is 3.43. The summed E-state index contributed by atoms with van der Waals surface area (Å²) in [7, 11) is 0. The van der Waals surface area contributed by atoms with Crippen molar-refractivity contribution in [1.82, 2.24) is 0 Å². The monoisotopic (exact) mass is 338 g/mol. The second kappa shape index (κ2) is 6.05. The molecule has 19 heavy (non-hydrogen) atoms. The van der Waals surface area contributed by atoms with E-state index in [-0.39, 0.29) is 0 Å². The van der Waals surface area contributed by atoms with Gasteiger partial charge in [0.05, 0.1) is 17.3 Å². The van der Waals surface area contributed by atoms with Crippen LogP contribution in [0, 0.1) is 17.1 Å². The number of anilines is 1. The minimum atomic E-state index is -0.452. The summed E-state index contributed by atoms with van der Waals surface area (Å²) in [4.78, 5) is 0. The molecule has 0 atom stereocenters. The molecule has 2 rings (SSSR count). The summed E-state index contributed by atoms with van der Waals surface area (Å²) in [6.45, 7) is 0.412. The Kier molecular flexibility index (Phi) is 4.41. The molecule has 2 aromatic carbocycles. The fraction of sp³-hybridized carbons (Fsp3) is 0.0714. The van der Waals surface area contributed by atoms with Gasteiger partial charge in [-0.25, -0.2) is 4.39 Å². The first-order valence-corrected chi connectivity index (χ1v) is 6.64. The van der Waals surface area contributed by atoms with Crippen molar-refractivity contribution in [2.75, 3.05) is 5.32 Å². The highest BCUT2D eigenvalue weighted by atomic mass is 79.9. The van der Waals surface area contributed by atoms with Gasteiger partial charge in [0.1, 0.15) is 5.82 Å². The smallest absolute Gasteiger partial charge is 0.147 e.